The molecule has 17 heavy (non-hydrogen) atoms. The van der Waals surface area contributed by atoms with Crippen molar-refractivity contribution in [3.8, 4) is 0 Å². The molecule has 7 nitrogen and oxygen atoms in total. The molecule has 0 spiro atoms. The summed E-state index contributed by atoms with van der Waals surface area (Å²) in [5.74, 6) is -2.14. The molecule has 96 valence electrons. The Hall–Kier alpha value is -1.70. The second kappa shape index (κ2) is 7.55. The topological polar surface area (TPSA) is 113 Å². The molecule has 0 saturated heterocycles. The molecular weight excluding hydrogens is 244 g/mol. The molecule has 0 aliphatic heterocycles. The number of nitrogens with two attached hydrogens (primary N) is 1. The Bertz CT molecular complexity index is 332. The quantitative estimate of drug-likeness (QED) is 0.338. The number of carbonyl (C=O) groups is 3. The molecule has 0 bridgehead atoms. The van der Waals surface area contributed by atoms with Crippen molar-refractivity contribution in [3.05, 3.63) is 0 Å². The van der Waals surface area contributed by atoms with Gasteiger partial charge in [-0.1, -0.05) is 12.2 Å². The minimum atomic E-state index is -0.903. The molecular formula is C9H16N4O3S. The highest BCUT2D eigenvalue weighted by Gasteiger charge is 2.19. The molecule has 1 unspecified atom stereocenters. The van der Waals surface area contributed by atoms with Crippen molar-refractivity contribution in [1.82, 2.24) is 16.0 Å². The van der Waals surface area contributed by atoms with Crippen LogP contribution in [-0.2, 0) is 14.4 Å². The molecule has 3 amide bonds. The smallest absolute Gasteiger partial charge is 0.309 e. The lowest BCUT2D eigenvalue weighted by Crippen LogP contribution is -2.50. The Labute approximate surface area is 104 Å². The maximum atomic E-state index is 11.3. The Kier molecular flexibility index (Phi) is 6.80. The van der Waals surface area contributed by atoms with Gasteiger partial charge in [-0.3, -0.25) is 14.4 Å². The number of hydrogen-bond acceptors (Lipinski definition) is 4. The van der Waals surface area contributed by atoms with E-state index in [0.29, 0.717) is 6.54 Å². The van der Waals surface area contributed by atoms with Crippen molar-refractivity contribution in [2.24, 2.45) is 5.73 Å². The Balaban J connectivity index is 4.11. The van der Waals surface area contributed by atoms with E-state index in [1.807, 2.05) is 0 Å². The predicted molar refractivity (Wildman–Crippen MR) is 66.1 cm³/mol. The molecule has 0 aliphatic rings. The summed E-state index contributed by atoms with van der Waals surface area (Å²) in [5.41, 5.74) is 5.15. The normalized spacial score (nSPS) is 11.2. The van der Waals surface area contributed by atoms with Gasteiger partial charge < -0.3 is 21.7 Å². The summed E-state index contributed by atoms with van der Waals surface area (Å²) in [4.78, 5) is 33.8. The van der Waals surface area contributed by atoms with Gasteiger partial charge in [0.1, 0.15) is 6.04 Å². The molecule has 5 N–H and O–H groups in total. The summed E-state index contributed by atoms with van der Waals surface area (Å²) in [7, 11) is 0. The van der Waals surface area contributed by atoms with Gasteiger partial charge in [0.25, 0.3) is 0 Å². The monoisotopic (exact) mass is 260 g/mol. The highest BCUT2D eigenvalue weighted by Crippen LogP contribution is 1.82. The lowest BCUT2D eigenvalue weighted by Gasteiger charge is -2.12. The van der Waals surface area contributed by atoms with E-state index in [1.165, 1.54) is 6.92 Å². The average molecular weight is 260 g/mol. The zero-order valence-electron chi connectivity index (χ0n) is 9.70. The van der Waals surface area contributed by atoms with Crippen LogP contribution in [0.15, 0.2) is 0 Å². The zero-order valence-corrected chi connectivity index (χ0v) is 10.5. The molecule has 0 aromatic carbocycles. The first kappa shape index (κ1) is 15.3. The lowest BCUT2D eigenvalue weighted by molar-refractivity contribution is -0.140. The van der Waals surface area contributed by atoms with Crippen LogP contribution in [0, 0.1) is 0 Å². The van der Waals surface area contributed by atoms with Crippen LogP contribution >= 0.6 is 12.2 Å². The minimum absolute atomic E-state index is 0.0584. The molecule has 0 saturated carbocycles. The summed E-state index contributed by atoms with van der Waals surface area (Å²) < 4.78 is 0. The van der Waals surface area contributed by atoms with Crippen LogP contribution in [0.3, 0.4) is 0 Å². The van der Waals surface area contributed by atoms with Gasteiger partial charge >= 0.3 is 11.8 Å². The van der Waals surface area contributed by atoms with E-state index in [4.69, 9.17) is 5.73 Å². The van der Waals surface area contributed by atoms with Crippen LogP contribution in [0.25, 0.3) is 0 Å². The maximum absolute atomic E-state index is 11.3. The van der Waals surface area contributed by atoms with Gasteiger partial charge in [0.05, 0.1) is 11.5 Å². The van der Waals surface area contributed by atoms with Crippen LogP contribution < -0.4 is 21.7 Å². The first-order chi connectivity index (χ1) is 7.88. The first-order valence-electron chi connectivity index (χ1n) is 5.03. The molecule has 0 rings (SSSR count). The number of rotatable bonds is 5. The van der Waals surface area contributed by atoms with Crippen molar-refractivity contribution in [2.75, 3.05) is 13.1 Å². The number of thiocarbonyl (C=S) groups is 1. The van der Waals surface area contributed by atoms with Gasteiger partial charge in [-0.25, -0.2) is 0 Å². The van der Waals surface area contributed by atoms with E-state index in [0.717, 1.165) is 0 Å². The summed E-state index contributed by atoms with van der Waals surface area (Å²) >= 11 is 4.53. The molecule has 0 heterocycles. The molecule has 0 fully saturated rings. The molecule has 0 radical (unpaired) electrons. The second-order valence-electron chi connectivity index (χ2n) is 3.24. The largest absolute Gasteiger partial charge is 0.392 e. The fourth-order valence-electron chi connectivity index (χ4n) is 0.903. The average Bonchev–Trinajstić information content (AvgIpc) is 2.25. The number of hydrogen-bond donors (Lipinski definition) is 4. The zero-order chi connectivity index (χ0) is 13.4. The van der Waals surface area contributed by atoms with Crippen molar-refractivity contribution >= 4 is 34.9 Å². The van der Waals surface area contributed by atoms with Crippen molar-refractivity contribution < 1.29 is 14.4 Å². The molecule has 1 atom stereocenters. The van der Waals surface area contributed by atoms with Crippen LogP contribution in [0.2, 0.25) is 0 Å². The van der Waals surface area contributed by atoms with E-state index in [9.17, 15) is 14.4 Å². The van der Waals surface area contributed by atoms with Crippen LogP contribution in [0.5, 0.6) is 0 Å². The second-order valence-corrected chi connectivity index (χ2v) is 3.76. The number of amides is 3. The van der Waals surface area contributed by atoms with E-state index in [1.54, 1.807) is 6.92 Å². The highest BCUT2D eigenvalue weighted by molar-refractivity contribution is 7.80. The molecule has 0 aromatic rings. The highest BCUT2D eigenvalue weighted by atomic mass is 32.1. The Morgan fingerprint density at radius 1 is 1.24 bits per heavy atom. The van der Waals surface area contributed by atoms with Gasteiger partial charge in [0.2, 0.25) is 5.91 Å². The van der Waals surface area contributed by atoms with Gasteiger partial charge in [0.15, 0.2) is 0 Å². The summed E-state index contributed by atoms with van der Waals surface area (Å²) in [6.45, 7) is 3.62. The third-order valence-electron chi connectivity index (χ3n) is 1.72. The summed E-state index contributed by atoms with van der Waals surface area (Å²) in [6, 6.07) is -0.780. The van der Waals surface area contributed by atoms with Gasteiger partial charge in [-0.05, 0) is 13.8 Å². The Morgan fingerprint density at radius 2 is 1.82 bits per heavy atom. The number of carbonyl (C=O) groups excluding carboxylic acids is 3. The fraction of sp³-hybridized carbons (Fsp3) is 0.556. The SMILES string of the molecule is CCNC(=O)C(C)NC(=O)C(=O)NCC(N)=S. The summed E-state index contributed by atoms with van der Waals surface area (Å²) in [5, 5.41) is 6.96. The Morgan fingerprint density at radius 3 is 2.29 bits per heavy atom. The lowest BCUT2D eigenvalue weighted by atomic mass is 10.3. The van der Waals surface area contributed by atoms with Gasteiger partial charge in [0, 0.05) is 6.54 Å². The molecule has 0 aromatic heterocycles. The van der Waals surface area contributed by atoms with Crippen molar-refractivity contribution in [3.63, 3.8) is 0 Å². The predicted octanol–water partition coefficient (Wildman–Crippen LogP) is -1.97. The van der Waals surface area contributed by atoms with Gasteiger partial charge in [-0.15, -0.1) is 0 Å². The van der Waals surface area contributed by atoms with Crippen LogP contribution in [0.1, 0.15) is 13.8 Å². The minimum Gasteiger partial charge on any atom is -0.392 e. The van der Waals surface area contributed by atoms with Crippen LogP contribution in [-0.4, -0.2) is 41.8 Å². The van der Waals surface area contributed by atoms with E-state index in [-0.39, 0.29) is 17.4 Å². The fourth-order valence-corrected chi connectivity index (χ4v) is 0.975. The summed E-state index contributed by atoms with van der Waals surface area (Å²) in [6.07, 6.45) is 0. The third kappa shape index (κ3) is 6.46. The van der Waals surface area contributed by atoms with E-state index >= 15 is 0 Å². The third-order valence-corrected chi connectivity index (χ3v) is 1.87. The standard InChI is InChI=1S/C9H16N4O3S/c1-3-11-7(14)5(2)13-9(16)8(15)12-4-6(10)17/h5H,3-4H2,1-2H3,(H2,10,17)(H,11,14)(H,12,15)(H,13,16). The van der Waals surface area contributed by atoms with E-state index in [2.05, 4.69) is 28.2 Å². The first-order valence-corrected chi connectivity index (χ1v) is 5.44. The number of likely N-dealkylation sites (N-methyl/N-ethyl adjacent to an activating group) is 1. The van der Waals surface area contributed by atoms with Crippen LogP contribution in [0.4, 0.5) is 0 Å². The van der Waals surface area contributed by atoms with Crippen molar-refractivity contribution in [1.29, 1.82) is 0 Å². The van der Waals surface area contributed by atoms with Gasteiger partial charge in [-0.2, -0.15) is 0 Å². The van der Waals surface area contributed by atoms with Crippen molar-refractivity contribution in [2.45, 2.75) is 19.9 Å². The maximum Gasteiger partial charge on any atom is 0.309 e. The van der Waals surface area contributed by atoms with E-state index < -0.39 is 17.9 Å². The number of nitrogens with one attached hydrogen (secondary N) is 3. The molecule has 8 heteroatoms. The molecule has 0 aliphatic carbocycles.